The second-order valence-corrected chi connectivity index (χ2v) is 3.11. The first-order chi connectivity index (χ1) is 7.15. The van der Waals surface area contributed by atoms with E-state index in [1.54, 1.807) is 13.8 Å². The van der Waals surface area contributed by atoms with Crippen molar-refractivity contribution in [3.8, 4) is 11.8 Å². The number of aryl methyl sites for hydroxylation is 2. The molecular weight excluding hydrogens is 193 g/mol. The highest BCUT2D eigenvalue weighted by molar-refractivity contribution is 5.46. The summed E-state index contributed by atoms with van der Waals surface area (Å²) in [6.45, 7) is 3.73. The van der Waals surface area contributed by atoms with Gasteiger partial charge in [0.2, 0.25) is 0 Å². The Labute approximate surface area is 87.6 Å². The van der Waals surface area contributed by atoms with Gasteiger partial charge in [-0.05, 0) is 42.6 Å². The first-order valence-electron chi connectivity index (χ1n) is 4.41. The van der Waals surface area contributed by atoms with E-state index in [0.29, 0.717) is 0 Å². The Kier molecular flexibility index (Phi) is 3.73. The molecule has 1 aromatic rings. The van der Waals surface area contributed by atoms with Gasteiger partial charge in [0, 0.05) is 10.5 Å². The predicted octanol–water partition coefficient (Wildman–Crippen LogP) is 3.10. The second-order valence-electron chi connectivity index (χ2n) is 3.11. The van der Waals surface area contributed by atoms with Crippen LogP contribution in [0.4, 0.5) is 4.39 Å². The molecule has 0 fully saturated rings. The Hall–Kier alpha value is -1.98. The summed E-state index contributed by atoms with van der Waals surface area (Å²) in [6.07, 6.45) is 0. The summed E-state index contributed by atoms with van der Waals surface area (Å²) in [7, 11) is 0. The number of nitrogens with zero attached hydrogens (tertiary/aromatic N) is 3. The van der Waals surface area contributed by atoms with Gasteiger partial charge in [-0.25, -0.2) is 4.39 Å². The van der Waals surface area contributed by atoms with Crippen molar-refractivity contribution in [1.82, 2.24) is 0 Å². The van der Waals surface area contributed by atoms with Gasteiger partial charge in [0.15, 0.2) is 0 Å². The van der Waals surface area contributed by atoms with Crippen molar-refractivity contribution in [3.05, 3.63) is 45.1 Å². The van der Waals surface area contributed by atoms with Crippen molar-refractivity contribution < 1.29 is 4.39 Å². The molecule has 0 saturated carbocycles. The highest BCUT2D eigenvalue weighted by atomic mass is 19.1. The summed E-state index contributed by atoms with van der Waals surface area (Å²) in [5.74, 6) is 5.31. The van der Waals surface area contributed by atoms with Crippen LogP contribution < -0.4 is 0 Å². The van der Waals surface area contributed by atoms with Crippen LogP contribution in [0, 0.1) is 31.5 Å². The van der Waals surface area contributed by atoms with E-state index < -0.39 is 0 Å². The predicted molar refractivity (Wildman–Crippen MR) is 56.8 cm³/mol. The Bertz CT molecular complexity index is 453. The fraction of sp³-hybridized carbons (Fsp3) is 0.273. The van der Waals surface area contributed by atoms with Gasteiger partial charge < -0.3 is 0 Å². The molecule has 0 bridgehead atoms. The molecule has 0 aromatic heterocycles. The quantitative estimate of drug-likeness (QED) is 0.291. The van der Waals surface area contributed by atoms with E-state index in [4.69, 9.17) is 5.53 Å². The summed E-state index contributed by atoms with van der Waals surface area (Å²) >= 11 is 0. The largest absolute Gasteiger partial charge is 0.207 e. The molecule has 0 spiro atoms. The van der Waals surface area contributed by atoms with Gasteiger partial charge in [-0.1, -0.05) is 17.0 Å². The topological polar surface area (TPSA) is 48.8 Å². The van der Waals surface area contributed by atoms with E-state index in [9.17, 15) is 4.39 Å². The lowest BCUT2D eigenvalue weighted by molar-refractivity contribution is 0.625. The van der Waals surface area contributed by atoms with Gasteiger partial charge in [-0.3, -0.25) is 0 Å². The number of hydrogen-bond donors (Lipinski definition) is 0. The van der Waals surface area contributed by atoms with Crippen LogP contribution in [0.1, 0.15) is 16.7 Å². The third-order valence-electron chi connectivity index (χ3n) is 1.92. The third-order valence-corrected chi connectivity index (χ3v) is 1.92. The molecule has 0 saturated heterocycles. The number of azide groups is 1. The van der Waals surface area contributed by atoms with E-state index in [-0.39, 0.29) is 12.4 Å². The lowest BCUT2D eigenvalue weighted by Gasteiger charge is -2.02. The van der Waals surface area contributed by atoms with Crippen molar-refractivity contribution in [2.75, 3.05) is 6.54 Å². The fourth-order valence-corrected chi connectivity index (χ4v) is 1.30. The summed E-state index contributed by atoms with van der Waals surface area (Å²) in [6, 6.07) is 2.87. The molecule has 76 valence electrons. The van der Waals surface area contributed by atoms with Crippen molar-refractivity contribution in [2.24, 2.45) is 5.11 Å². The first kappa shape index (κ1) is 11.1. The van der Waals surface area contributed by atoms with Crippen molar-refractivity contribution in [3.63, 3.8) is 0 Å². The van der Waals surface area contributed by atoms with Gasteiger partial charge in [0.05, 0.1) is 6.54 Å². The zero-order chi connectivity index (χ0) is 11.3. The highest BCUT2D eigenvalue weighted by Gasteiger charge is 2.01. The van der Waals surface area contributed by atoms with Gasteiger partial charge >= 0.3 is 0 Å². The van der Waals surface area contributed by atoms with Crippen LogP contribution in [0.25, 0.3) is 10.4 Å². The Morgan fingerprint density at radius 1 is 1.40 bits per heavy atom. The maximum Gasteiger partial charge on any atom is 0.123 e. The number of halogens is 1. The number of benzene rings is 1. The van der Waals surface area contributed by atoms with Gasteiger partial charge in [0.25, 0.3) is 0 Å². The van der Waals surface area contributed by atoms with Crippen molar-refractivity contribution in [1.29, 1.82) is 0 Å². The molecule has 0 radical (unpaired) electrons. The average Bonchev–Trinajstić information content (AvgIpc) is 2.15. The van der Waals surface area contributed by atoms with E-state index >= 15 is 0 Å². The van der Waals surface area contributed by atoms with Crippen molar-refractivity contribution >= 4 is 0 Å². The van der Waals surface area contributed by atoms with Crippen LogP contribution in [0.15, 0.2) is 17.2 Å². The van der Waals surface area contributed by atoms with E-state index in [1.807, 2.05) is 0 Å². The molecule has 1 rings (SSSR count). The van der Waals surface area contributed by atoms with Crippen LogP contribution in [0.2, 0.25) is 0 Å². The maximum absolute atomic E-state index is 12.9. The van der Waals surface area contributed by atoms with E-state index in [1.165, 1.54) is 12.1 Å². The number of rotatable bonds is 1. The van der Waals surface area contributed by atoms with Gasteiger partial charge in [-0.2, -0.15) is 0 Å². The molecule has 1 aromatic carbocycles. The fourth-order valence-electron chi connectivity index (χ4n) is 1.30. The van der Waals surface area contributed by atoms with Crippen LogP contribution in [0.3, 0.4) is 0 Å². The summed E-state index contributed by atoms with van der Waals surface area (Å²) in [5, 5.41) is 3.30. The van der Waals surface area contributed by atoms with Gasteiger partial charge in [0.1, 0.15) is 5.82 Å². The SMILES string of the molecule is Cc1cc(F)cc(C)c1C#CCN=[N+]=[N-]. The minimum Gasteiger partial charge on any atom is -0.207 e. The molecule has 4 heteroatoms. The molecule has 0 unspecified atom stereocenters. The lowest BCUT2D eigenvalue weighted by Crippen LogP contribution is -1.90. The Morgan fingerprint density at radius 2 is 2.00 bits per heavy atom. The second kappa shape index (κ2) is 5.04. The van der Waals surface area contributed by atoms with Gasteiger partial charge in [-0.15, -0.1) is 0 Å². The minimum atomic E-state index is -0.259. The molecule has 3 nitrogen and oxygen atoms in total. The lowest BCUT2D eigenvalue weighted by atomic mass is 10.0. The Morgan fingerprint density at radius 3 is 2.53 bits per heavy atom. The smallest absolute Gasteiger partial charge is 0.123 e. The zero-order valence-corrected chi connectivity index (χ0v) is 8.58. The molecule has 15 heavy (non-hydrogen) atoms. The highest BCUT2D eigenvalue weighted by Crippen LogP contribution is 2.14. The first-order valence-corrected chi connectivity index (χ1v) is 4.41. The van der Waals surface area contributed by atoms with E-state index in [2.05, 4.69) is 21.9 Å². The maximum atomic E-state index is 12.9. The molecule has 0 aliphatic carbocycles. The molecule has 0 heterocycles. The normalized spacial score (nSPS) is 8.73. The summed E-state index contributed by atoms with van der Waals surface area (Å²) in [5.41, 5.74) is 10.4. The summed E-state index contributed by atoms with van der Waals surface area (Å²) < 4.78 is 12.9. The van der Waals surface area contributed by atoms with Crippen LogP contribution in [-0.4, -0.2) is 6.54 Å². The molecule has 0 aliphatic heterocycles. The van der Waals surface area contributed by atoms with Crippen LogP contribution in [0.5, 0.6) is 0 Å². The molecular formula is C11H10FN3. The van der Waals surface area contributed by atoms with Crippen LogP contribution in [-0.2, 0) is 0 Å². The third kappa shape index (κ3) is 3.01. The number of hydrogen-bond acceptors (Lipinski definition) is 1. The molecule has 0 amide bonds. The van der Waals surface area contributed by atoms with Crippen LogP contribution >= 0.6 is 0 Å². The molecule has 0 N–H and O–H groups in total. The van der Waals surface area contributed by atoms with E-state index in [0.717, 1.165) is 16.7 Å². The molecule has 0 atom stereocenters. The average molecular weight is 203 g/mol. The minimum absolute atomic E-state index is 0.132. The standard InChI is InChI=1S/C11H10FN3/c1-8-6-10(12)7-9(2)11(8)4-3-5-14-15-13/h6-7H,5H2,1-2H3. The monoisotopic (exact) mass is 203 g/mol. The molecule has 0 aliphatic rings. The Balaban J connectivity index is 3.02. The summed E-state index contributed by atoms with van der Waals surface area (Å²) in [4.78, 5) is 2.59. The van der Waals surface area contributed by atoms with Crippen molar-refractivity contribution in [2.45, 2.75) is 13.8 Å². The zero-order valence-electron chi connectivity index (χ0n) is 8.58.